The van der Waals surface area contributed by atoms with Crippen LogP contribution >= 0.6 is 0 Å². The number of hydrogen-bond acceptors (Lipinski definition) is 4. The van der Waals surface area contributed by atoms with Gasteiger partial charge in [0.1, 0.15) is 0 Å². The minimum Gasteiger partial charge on any atom is -0.395 e. The summed E-state index contributed by atoms with van der Waals surface area (Å²) in [7, 11) is 0. The van der Waals surface area contributed by atoms with Crippen molar-refractivity contribution in [2.45, 2.75) is 57.3 Å². The first kappa shape index (κ1) is 13.9. The van der Waals surface area contributed by atoms with Gasteiger partial charge in [-0.3, -0.25) is 4.90 Å². The van der Waals surface area contributed by atoms with E-state index in [0.29, 0.717) is 6.42 Å². The maximum atomic E-state index is 9.76. The van der Waals surface area contributed by atoms with E-state index in [9.17, 15) is 15.3 Å². The summed E-state index contributed by atoms with van der Waals surface area (Å²) in [6.45, 7) is 3.79. The third-order valence-electron chi connectivity index (χ3n) is 3.46. The SMILES string of the molecule is CCCCCCN1CC[C@@H](O)[C@H](O)[C@H]1CO. The maximum Gasteiger partial charge on any atom is 0.0976 e. The minimum absolute atomic E-state index is 0.0774. The quantitative estimate of drug-likeness (QED) is 0.577. The number of aliphatic hydroxyl groups is 3. The molecule has 0 aromatic rings. The van der Waals surface area contributed by atoms with Gasteiger partial charge in [0.25, 0.3) is 0 Å². The van der Waals surface area contributed by atoms with Gasteiger partial charge in [0.15, 0.2) is 0 Å². The Hall–Kier alpha value is -0.160. The molecule has 16 heavy (non-hydrogen) atoms. The molecule has 0 amide bonds. The molecule has 0 aliphatic carbocycles. The van der Waals surface area contributed by atoms with Gasteiger partial charge in [-0.15, -0.1) is 0 Å². The predicted molar refractivity (Wildman–Crippen MR) is 63.2 cm³/mol. The van der Waals surface area contributed by atoms with E-state index in [1.807, 2.05) is 0 Å². The van der Waals surface area contributed by atoms with E-state index in [0.717, 1.165) is 19.5 Å². The predicted octanol–water partition coefficient (Wildman–Crippen LogP) is 0.355. The highest BCUT2D eigenvalue weighted by Crippen LogP contribution is 2.18. The molecule has 1 heterocycles. The van der Waals surface area contributed by atoms with E-state index in [4.69, 9.17) is 0 Å². The highest BCUT2D eigenvalue weighted by atomic mass is 16.3. The smallest absolute Gasteiger partial charge is 0.0976 e. The average molecular weight is 231 g/mol. The number of unbranched alkanes of at least 4 members (excludes halogenated alkanes) is 3. The molecule has 1 aliphatic rings. The van der Waals surface area contributed by atoms with E-state index in [1.165, 1.54) is 19.3 Å². The standard InChI is InChI=1S/C12H25NO3/c1-2-3-4-5-7-13-8-6-11(15)12(16)10(13)9-14/h10-12,14-16H,2-9H2,1H3/t10-,11-,12-/m1/s1. The van der Waals surface area contributed by atoms with E-state index in [-0.39, 0.29) is 12.6 Å². The van der Waals surface area contributed by atoms with Crippen molar-refractivity contribution in [2.24, 2.45) is 0 Å². The van der Waals surface area contributed by atoms with Crippen molar-refractivity contribution >= 4 is 0 Å². The molecule has 0 radical (unpaired) electrons. The van der Waals surface area contributed by atoms with Gasteiger partial charge in [-0.25, -0.2) is 0 Å². The Bertz CT molecular complexity index is 189. The van der Waals surface area contributed by atoms with Crippen LogP contribution in [0.5, 0.6) is 0 Å². The van der Waals surface area contributed by atoms with E-state index < -0.39 is 12.2 Å². The molecule has 0 saturated carbocycles. The van der Waals surface area contributed by atoms with Gasteiger partial charge in [0.05, 0.1) is 24.9 Å². The fourth-order valence-electron chi connectivity index (χ4n) is 2.35. The Kier molecular flexibility index (Phi) is 6.28. The Morgan fingerprint density at radius 1 is 1.19 bits per heavy atom. The summed E-state index contributed by atoms with van der Waals surface area (Å²) < 4.78 is 0. The molecule has 0 aromatic heterocycles. The summed E-state index contributed by atoms with van der Waals surface area (Å²) in [4.78, 5) is 2.10. The molecule has 1 rings (SSSR count). The molecule has 3 atom stereocenters. The van der Waals surface area contributed by atoms with Gasteiger partial charge < -0.3 is 15.3 Å². The molecule has 0 bridgehead atoms. The molecule has 1 aliphatic heterocycles. The number of likely N-dealkylation sites (tertiary alicyclic amines) is 1. The van der Waals surface area contributed by atoms with Crippen LogP contribution in [0.25, 0.3) is 0 Å². The van der Waals surface area contributed by atoms with Gasteiger partial charge in [-0.05, 0) is 19.4 Å². The van der Waals surface area contributed by atoms with Crippen molar-refractivity contribution in [3.8, 4) is 0 Å². The highest BCUT2D eigenvalue weighted by molar-refractivity contribution is 4.88. The zero-order valence-electron chi connectivity index (χ0n) is 10.2. The van der Waals surface area contributed by atoms with Crippen LogP contribution < -0.4 is 0 Å². The number of rotatable bonds is 6. The molecule has 0 unspecified atom stereocenters. The molecule has 4 heteroatoms. The second-order valence-electron chi connectivity index (χ2n) is 4.69. The molecule has 0 aromatic carbocycles. The summed E-state index contributed by atoms with van der Waals surface area (Å²) in [5, 5.41) is 28.5. The van der Waals surface area contributed by atoms with Crippen molar-refractivity contribution in [3.63, 3.8) is 0 Å². The minimum atomic E-state index is -0.801. The maximum absolute atomic E-state index is 9.76. The number of hydrogen-bond donors (Lipinski definition) is 3. The van der Waals surface area contributed by atoms with Crippen molar-refractivity contribution in [1.29, 1.82) is 0 Å². The molecule has 4 nitrogen and oxygen atoms in total. The molecule has 3 N–H and O–H groups in total. The molecule has 96 valence electrons. The summed E-state index contributed by atoms with van der Waals surface area (Å²) in [6, 6.07) is -0.287. The second kappa shape index (κ2) is 7.22. The summed E-state index contributed by atoms with van der Waals surface area (Å²) >= 11 is 0. The Labute approximate surface area is 97.9 Å². The van der Waals surface area contributed by atoms with Crippen LogP contribution in [0.2, 0.25) is 0 Å². The van der Waals surface area contributed by atoms with Crippen LogP contribution in [-0.4, -0.2) is 58.2 Å². The van der Waals surface area contributed by atoms with Gasteiger partial charge in [-0.1, -0.05) is 26.2 Å². The second-order valence-corrected chi connectivity index (χ2v) is 4.69. The lowest BCUT2D eigenvalue weighted by Gasteiger charge is -2.40. The third kappa shape index (κ3) is 3.70. The monoisotopic (exact) mass is 231 g/mol. The van der Waals surface area contributed by atoms with Crippen LogP contribution in [0.1, 0.15) is 39.0 Å². The number of aliphatic hydroxyl groups excluding tert-OH is 3. The van der Waals surface area contributed by atoms with Crippen LogP contribution in [0.15, 0.2) is 0 Å². The van der Waals surface area contributed by atoms with Gasteiger partial charge in [0.2, 0.25) is 0 Å². The zero-order chi connectivity index (χ0) is 12.0. The van der Waals surface area contributed by atoms with Crippen molar-refractivity contribution in [2.75, 3.05) is 19.7 Å². The van der Waals surface area contributed by atoms with Crippen LogP contribution in [-0.2, 0) is 0 Å². The summed E-state index contributed by atoms with van der Waals surface area (Å²) in [6.07, 6.45) is 3.88. The highest BCUT2D eigenvalue weighted by Gasteiger charge is 2.34. The average Bonchev–Trinajstić information content (AvgIpc) is 2.29. The van der Waals surface area contributed by atoms with Gasteiger partial charge in [0, 0.05) is 6.54 Å². The molecule has 1 fully saturated rings. The normalized spacial score (nSPS) is 31.9. The zero-order valence-corrected chi connectivity index (χ0v) is 10.2. The van der Waals surface area contributed by atoms with Crippen molar-refractivity contribution in [3.05, 3.63) is 0 Å². The Morgan fingerprint density at radius 2 is 1.94 bits per heavy atom. The van der Waals surface area contributed by atoms with E-state index in [2.05, 4.69) is 11.8 Å². The lowest BCUT2D eigenvalue weighted by atomic mass is 9.96. The fourth-order valence-corrected chi connectivity index (χ4v) is 2.35. The largest absolute Gasteiger partial charge is 0.395 e. The van der Waals surface area contributed by atoms with Crippen LogP contribution in [0.3, 0.4) is 0 Å². The number of nitrogens with zero attached hydrogens (tertiary/aromatic N) is 1. The molecular formula is C12H25NO3. The molecular weight excluding hydrogens is 206 g/mol. The first-order chi connectivity index (χ1) is 7.70. The first-order valence-electron chi connectivity index (χ1n) is 6.41. The van der Waals surface area contributed by atoms with Crippen LogP contribution in [0.4, 0.5) is 0 Å². The van der Waals surface area contributed by atoms with Gasteiger partial charge >= 0.3 is 0 Å². The lowest BCUT2D eigenvalue weighted by molar-refractivity contribution is -0.0896. The lowest BCUT2D eigenvalue weighted by Crippen LogP contribution is -2.56. The Morgan fingerprint density at radius 3 is 2.56 bits per heavy atom. The topological polar surface area (TPSA) is 63.9 Å². The van der Waals surface area contributed by atoms with Crippen molar-refractivity contribution < 1.29 is 15.3 Å². The Balaban J connectivity index is 2.33. The molecule has 0 spiro atoms. The fraction of sp³-hybridized carbons (Fsp3) is 1.00. The summed E-state index contributed by atoms with van der Waals surface area (Å²) in [5.41, 5.74) is 0. The van der Waals surface area contributed by atoms with E-state index in [1.54, 1.807) is 0 Å². The molecule has 1 saturated heterocycles. The summed E-state index contributed by atoms with van der Waals surface area (Å²) in [5.74, 6) is 0. The van der Waals surface area contributed by atoms with Crippen LogP contribution in [0, 0.1) is 0 Å². The third-order valence-corrected chi connectivity index (χ3v) is 3.46. The van der Waals surface area contributed by atoms with Crippen molar-refractivity contribution in [1.82, 2.24) is 4.90 Å². The van der Waals surface area contributed by atoms with E-state index >= 15 is 0 Å². The van der Waals surface area contributed by atoms with Gasteiger partial charge in [-0.2, -0.15) is 0 Å². The number of piperidine rings is 1. The first-order valence-corrected chi connectivity index (χ1v) is 6.41.